The van der Waals surface area contributed by atoms with E-state index in [1.165, 1.54) is 13.8 Å². The molecule has 0 aromatic heterocycles. The Balaban J connectivity index is 4.10. The summed E-state index contributed by atoms with van der Waals surface area (Å²) in [4.78, 5) is 51.7. The van der Waals surface area contributed by atoms with E-state index >= 15 is 0 Å². The molecule has 0 aliphatic heterocycles. The Morgan fingerprint density at radius 1 is 1.08 bits per heavy atom. The summed E-state index contributed by atoms with van der Waals surface area (Å²) in [5, 5.41) is 17.4. The van der Waals surface area contributed by atoms with E-state index in [2.05, 4.69) is 33.1 Å². The Bertz CT molecular complexity index is 539. The van der Waals surface area contributed by atoms with Gasteiger partial charge in [0.1, 0.15) is 6.10 Å². The SMILES string of the molecule is CC(C)(COP(=O)(O)O)[C@@H](O)C(=O)NCCC(=O)NCCNC(=O)CS. The molecule has 0 saturated carbocycles. The molecule has 0 rings (SSSR count). The van der Waals surface area contributed by atoms with Crippen molar-refractivity contribution in [3.8, 4) is 0 Å². The zero-order chi connectivity index (χ0) is 20.4. The average Bonchev–Trinajstić information content (AvgIpc) is 2.55. The molecule has 0 spiro atoms. The fraction of sp³-hybridized carbons (Fsp3) is 0.769. The third kappa shape index (κ3) is 11.4. The van der Waals surface area contributed by atoms with E-state index in [1.807, 2.05) is 0 Å². The lowest BCUT2D eigenvalue weighted by Gasteiger charge is -2.29. The smallest absolute Gasteiger partial charge is 0.383 e. The van der Waals surface area contributed by atoms with E-state index in [9.17, 15) is 24.1 Å². The normalized spacial score (nSPS) is 13.0. The van der Waals surface area contributed by atoms with Gasteiger partial charge in [0.05, 0.1) is 12.4 Å². The van der Waals surface area contributed by atoms with Gasteiger partial charge in [0.15, 0.2) is 0 Å². The Morgan fingerprint density at radius 2 is 1.62 bits per heavy atom. The highest BCUT2D eigenvalue weighted by molar-refractivity contribution is 7.81. The molecule has 0 bridgehead atoms. The molecule has 26 heavy (non-hydrogen) atoms. The number of hydrogen-bond acceptors (Lipinski definition) is 7. The van der Waals surface area contributed by atoms with Crippen molar-refractivity contribution in [1.82, 2.24) is 16.0 Å². The topological polar surface area (TPSA) is 174 Å². The number of amides is 3. The van der Waals surface area contributed by atoms with Gasteiger partial charge in [0.25, 0.3) is 0 Å². The number of aliphatic hydroxyl groups excluding tert-OH is 1. The monoisotopic (exact) mass is 415 g/mol. The summed E-state index contributed by atoms with van der Waals surface area (Å²) in [6.45, 7) is 2.70. The van der Waals surface area contributed by atoms with Crippen molar-refractivity contribution in [3.05, 3.63) is 0 Å². The Kier molecular flexibility index (Phi) is 11.0. The van der Waals surface area contributed by atoms with Crippen molar-refractivity contribution in [2.45, 2.75) is 26.4 Å². The van der Waals surface area contributed by atoms with Gasteiger partial charge >= 0.3 is 7.82 Å². The minimum atomic E-state index is -4.71. The van der Waals surface area contributed by atoms with Crippen molar-refractivity contribution < 1.29 is 38.4 Å². The minimum absolute atomic E-state index is 0.0415. The van der Waals surface area contributed by atoms with Gasteiger partial charge in [-0.2, -0.15) is 12.6 Å². The number of hydrogen-bond donors (Lipinski definition) is 7. The summed E-state index contributed by atoms with van der Waals surface area (Å²) in [5.41, 5.74) is -1.25. The van der Waals surface area contributed by atoms with Crippen LogP contribution < -0.4 is 16.0 Å². The summed E-state index contributed by atoms with van der Waals surface area (Å²) in [7, 11) is -4.71. The maximum Gasteiger partial charge on any atom is 0.469 e. The lowest BCUT2D eigenvalue weighted by Crippen LogP contribution is -2.46. The second-order valence-corrected chi connectivity index (χ2v) is 7.61. The molecule has 0 saturated heterocycles. The largest absolute Gasteiger partial charge is 0.469 e. The first-order chi connectivity index (χ1) is 11.9. The first-order valence-corrected chi connectivity index (χ1v) is 9.85. The van der Waals surface area contributed by atoms with Crippen LogP contribution in [0.25, 0.3) is 0 Å². The van der Waals surface area contributed by atoms with E-state index in [0.717, 1.165) is 0 Å². The lowest BCUT2D eigenvalue weighted by atomic mass is 9.87. The maximum atomic E-state index is 11.9. The molecule has 11 nitrogen and oxygen atoms in total. The zero-order valence-corrected chi connectivity index (χ0v) is 16.4. The fourth-order valence-corrected chi connectivity index (χ4v) is 2.24. The molecule has 1 atom stereocenters. The number of carbonyl (C=O) groups excluding carboxylic acids is 3. The predicted octanol–water partition coefficient (Wildman–Crippen LogP) is -1.85. The first-order valence-electron chi connectivity index (χ1n) is 7.69. The molecule has 13 heteroatoms. The van der Waals surface area contributed by atoms with Gasteiger partial charge in [-0.25, -0.2) is 4.57 Å². The first kappa shape index (κ1) is 24.8. The average molecular weight is 415 g/mol. The highest BCUT2D eigenvalue weighted by Gasteiger charge is 2.35. The molecule has 0 radical (unpaired) electrons. The van der Waals surface area contributed by atoms with Gasteiger partial charge in [-0.3, -0.25) is 18.9 Å². The molecule has 6 N–H and O–H groups in total. The van der Waals surface area contributed by atoms with Gasteiger partial charge < -0.3 is 30.8 Å². The summed E-state index contributed by atoms with van der Waals surface area (Å²) in [6, 6.07) is 0. The van der Waals surface area contributed by atoms with Crippen LogP contribution in [0.2, 0.25) is 0 Å². The van der Waals surface area contributed by atoms with Crippen molar-refractivity contribution in [2.24, 2.45) is 5.41 Å². The maximum absolute atomic E-state index is 11.9. The van der Waals surface area contributed by atoms with E-state index < -0.39 is 31.9 Å². The predicted molar refractivity (Wildman–Crippen MR) is 95.3 cm³/mol. The van der Waals surface area contributed by atoms with Crippen LogP contribution >= 0.6 is 20.5 Å². The summed E-state index contributed by atoms with van der Waals surface area (Å²) < 4.78 is 15.0. The number of carbonyl (C=O) groups is 3. The van der Waals surface area contributed by atoms with Crippen LogP contribution in [-0.4, -0.2) is 70.7 Å². The number of rotatable bonds is 12. The third-order valence-corrected chi connectivity index (χ3v) is 3.91. The quantitative estimate of drug-likeness (QED) is 0.110. The third-order valence-electron chi connectivity index (χ3n) is 3.16. The van der Waals surface area contributed by atoms with Crippen molar-refractivity contribution in [1.29, 1.82) is 0 Å². The molecule has 0 fully saturated rings. The Labute approximate surface area is 156 Å². The van der Waals surface area contributed by atoms with E-state index in [0.29, 0.717) is 0 Å². The Morgan fingerprint density at radius 3 is 2.12 bits per heavy atom. The number of phosphoric acid groups is 1. The van der Waals surface area contributed by atoms with Gasteiger partial charge in [0, 0.05) is 31.5 Å². The molecular formula is C13H26N3O8PS. The molecular weight excluding hydrogens is 389 g/mol. The van der Waals surface area contributed by atoms with Crippen molar-refractivity contribution in [3.63, 3.8) is 0 Å². The van der Waals surface area contributed by atoms with Crippen molar-refractivity contribution in [2.75, 3.05) is 32.0 Å². The van der Waals surface area contributed by atoms with Crippen molar-refractivity contribution >= 4 is 38.2 Å². The van der Waals surface area contributed by atoms with Crippen LogP contribution in [0.1, 0.15) is 20.3 Å². The van der Waals surface area contributed by atoms with Crippen LogP contribution in [0.5, 0.6) is 0 Å². The molecule has 0 aliphatic rings. The van der Waals surface area contributed by atoms with Gasteiger partial charge in [0.2, 0.25) is 17.7 Å². The summed E-state index contributed by atoms with van der Waals surface area (Å²) >= 11 is 3.78. The molecule has 0 aromatic carbocycles. The van der Waals surface area contributed by atoms with E-state index in [-0.39, 0.29) is 43.6 Å². The standard InChI is InChI=1S/C13H26N3O8PS/c1-13(2,8-24-25(21,22)23)11(19)12(20)16-4-3-9(17)14-5-6-15-10(18)7-26/h11,19,26H,3-8H2,1-2H3,(H,14,17)(H,15,18)(H,16,20)(H2,21,22,23)/t11-/m0/s1. The van der Waals surface area contributed by atoms with Crippen LogP contribution in [-0.2, 0) is 23.5 Å². The number of aliphatic hydroxyl groups is 1. The molecule has 0 aromatic rings. The van der Waals surface area contributed by atoms with Crippen LogP contribution in [0.3, 0.4) is 0 Å². The van der Waals surface area contributed by atoms with Gasteiger partial charge in [-0.05, 0) is 0 Å². The highest BCUT2D eigenvalue weighted by Crippen LogP contribution is 2.38. The molecule has 0 aliphatic carbocycles. The molecule has 0 unspecified atom stereocenters. The lowest BCUT2D eigenvalue weighted by molar-refractivity contribution is -0.137. The molecule has 0 heterocycles. The number of phosphoric ester groups is 1. The minimum Gasteiger partial charge on any atom is -0.383 e. The van der Waals surface area contributed by atoms with Gasteiger partial charge in [-0.15, -0.1) is 0 Å². The van der Waals surface area contributed by atoms with E-state index in [4.69, 9.17) is 9.79 Å². The van der Waals surface area contributed by atoms with Crippen LogP contribution in [0.4, 0.5) is 0 Å². The second-order valence-electron chi connectivity index (χ2n) is 6.05. The van der Waals surface area contributed by atoms with Gasteiger partial charge in [-0.1, -0.05) is 13.8 Å². The molecule has 3 amide bonds. The highest BCUT2D eigenvalue weighted by atomic mass is 32.1. The second kappa shape index (κ2) is 11.5. The summed E-state index contributed by atoms with van der Waals surface area (Å²) in [5.74, 6) is -1.35. The molecule has 152 valence electrons. The van der Waals surface area contributed by atoms with Crippen LogP contribution in [0, 0.1) is 5.41 Å². The number of nitrogens with one attached hydrogen (secondary N) is 3. The Hall–Kier alpha value is -1.17. The fourth-order valence-electron chi connectivity index (χ4n) is 1.63. The van der Waals surface area contributed by atoms with Crippen LogP contribution in [0.15, 0.2) is 0 Å². The summed E-state index contributed by atoms with van der Waals surface area (Å²) in [6.07, 6.45) is -1.63. The number of thiol groups is 1. The van der Waals surface area contributed by atoms with E-state index in [1.54, 1.807) is 0 Å². The zero-order valence-electron chi connectivity index (χ0n) is 14.6.